The molecule has 0 atom stereocenters. The van der Waals surface area contributed by atoms with Crippen molar-refractivity contribution in [3.05, 3.63) is 34.2 Å². The fraction of sp³-hybridized carbons (Fsp3) is 0.308. The summed E-state index contributed by atoms with van der Waals surface area (Å²) in [5.74, 6) is 2.04. The molecule has 3 nitrogen and oxygen atoms in total. The van der Waals surface area contributed by atoms with Crippen LogP contribution < -0.4 is 5.73 Å². The Labute approximate surface area is 119 Å². The van der Waals surface area contributed by atoms with Crippen LogP contribution in [0.25, 0.3) is 11.3 Å². The van der Waals surface area contributed by atoms with Gasteiger partial charge in [-0.2, -0.15) is 0 Å². The fourth-order valence-corrected chi connectivity index (χ4v) is 3.76. The molecule has 0 saturated heterocycles. The molecule has 2 aromatic rings. The number of thioether (sulfide) groups is 1. The predicted octanol–water partition coefficient (Wildman–Crippen LogP) is 3.34. The summed E-state index contributed by atoms with van der Waals surface area (Å²) in [4.78, 5) is 9.07. The lowest BCUT2D eigenvalue weighted by Gasteiger charge is -2.15. The van der Waals surface area contributed by atoms with Gasteiger partial charge in [0.25, 0.3) is 0 Å². The van der Waals surface area contributed by atoms with E-state index < -0.39 is 0 Å². The van der Waals surface area contributed by atoms with Crippen LogP contribution in [0.5, 0.6) is 0 Å². The molecule has 1 aromatic heterocycles. The molecule has 3 N–H and O–H groups in total. The number of nitrogens with two attached hydrogens (primary N) is 1. The van der Waals surface area contributed by atoms with Gasteiger partial charge in [-0.25, -0.2) is 4.98 Å². The van der Waals surface area contributed by atoms with Gasteiger partial charge in [0, 0.05) is 10.5 Å². The first-order chi connectivity index (χ1) is 8.78. The average molecular weight is 324 g/mol. The molecule has 0 aliphatic carbocycles. The van der Waals surface area contributed by atoms with Crippen LogP contribution in [0.15, 0.2) is 27.7 Å². The van der Waals surface area contributed by atoms with Crippen LogP contribution in [0.1, 0.15) is 17.8 Å². The number of benzene rings is 1. The van der Waals surface area contributed by atoms with Crippen molar-refractivity contribution < 1.29 is 0 Å². The molecule has 0 radical (unpaired) electrons. The number of nitrogens with one attached hydrogen (secondary N) is 1. The van der Waals surface area contributed by atoms with Crippen LogP contribution in [-0.4, -0.2) is 15.7 Å². The number of nitrogens with zero attached hydrogens (tertiary/aromatic N) is 1. The maximum absolute atomic E-state index is 5.60. The van der Waals surface area contributed by atoms with E-state index in [0.29, 0.717) is 6.54 Å². The fourth-order valence-electron chi connectivity index (χ4n) is 2.19. The van der Waals surface area contributed by atoms with Crippen molar-refractivity contribution in [3.63, 3.8) is 0 Å². The number of hydrogen-bond acceptors (Lipinski definition) is 3. The van der Waals surface area contributed by atoms with Crippen LogP contribution in [0.4, 0.5) is 0 Å². The summed E-state index contributed by atoms with van der Waals surface area (Å²) in [5, 5.41) is 0. The van der Waals surface area contributed by atoms with Crippen LogP contribution in [-0.2, 0) is 13.0 Å². The molecule has 18 heavy (non-hydrogen) atoms. The molecular weight excluding hydrogens is 310 g/mol. The first-order valence-electron chi connectivity index (χ1n) is 5.98. The Kier molecular flexibility index (Phi) is 3.46. The summed E-state index contributed by atoms with van der Waals surface area (Å²) in [6.45, 7) is 0.430. The molecule has 0 amide bonds. The number of rotatable bonds is 2. The van der Waals surface area contributed by atoms with Gasteiger partial charge in [0.2, 0.25) is 0 Å². The van der Waals surface area contributed by atoms with Gasteiger partial charge in [-0.3, -0.25) is 0 Å². The third-order valence-corrected chi connectivity index (χ3v) is 4.86. The average Bonchev–Trinajstić information content (AvgIpc) is 2.79. The Bertz CT molecular complexity index is 580. The van der Waals surface area contributed by atoms with Gasteiger partial charge < -0.3 is 10.7 Å². The van der Waals surface area contributed by atoms with E-state index in [9.17, 15) is 0 Å². The zero-order chi connectivity index (χ0) is 12.5. The minimum atomic E-state index is 0.430. The van der Waals surface area contributed by atoms with E-state index in [1.807, 2.05) is 11.8 Å². The minimum Gasteiger partial charge on any atom is -0.335 e. The highest BCUT2D eigenvalue weighted by Crippen LogP contribution is 2.34. The molecule has 0 saturated carbocycles. The second kappa shape index (κ2) is 5.07. The number of fused-ring (bicyclic) bond motifs is 1. The third kappa shape index (κ3) is 2.22. The van der Waals surface area contributed by atoms with Gasteiger partial charge >= 0.3 is 0 Å². The number of imidazole rings is 1. The van der Waals surface area contributed by atoms with E-state index in [1.54, 1.807) is 0 Å². The smallest absolute Gasteiger partial charge is 0.121 e. The van der Waals surface area contributed by atoms with Crippen molar-refractivity contribution in [1.29, 1.82) is 0 Å². The molecule has 3 rings (SSSR count). The summed E-state index contributed by atoms with van der Waals surface area (Å²) >= 11 is 5.46. The predicted molar refractivity (Wildman–Crippen MR) is 78.7 cm³/mol. The van der Waals surface area contributed by atoms with Crippen molar-refractivity contribution in [3.8, 4) is 11.3 Å². The lowest BCUT2D eigenvalue weighted by molar-refractivity contribution is 0.890. The SMILES string of the molecule is NCc1nc(-c2ccc3c(c2)CCCS3)c(Br)[nH]1. The van der Waals surface area contributed by atoms with Gasteiger partial charge in [-0.1, -0.05) is 6.07 Å². The molecule has 1 aromatic carbocycles. The van der Waals surface area contributed by atoms with Gasteiger partial charge in [0.1, 0.15) is 16.1 Å². The van der Waals surface area contributed by atoms with Crippen LogP contribution in [0.2, 0.25) is 0 Å². The van der Waals surface area contributed by atoms with Crippen LogP contribution in [0, 0.1) is 0 Å². The Hall–Kier alpha value is -0.780. The topological polar surface area (TPSA) is 54.7 Å². The van der Waals surface area contributed by atoms with E-state index in [2.05, 4.69) is 44.1 Å². The monoisotopic (exact) mass is 323 g/mol. The van der Waals surface area contributed by atoms with Crippen molar-refractivity contribution >= 4 is 27.7 Å². The Morgan fingerprint density at radius 1 is 1.44 bits per heavy atom. The van der Waals surface area contributed by atoms with Crippen LogP contribution in [0.3, 0.4) is 0 Å². The van der Waals surface area contributed by atoms with Crippen molar-refractivity contribution in [2.75, 3.05) is 5.75 Å². The maximum Gasteiger partial charge on any atom is 0.121 e. The Morgan fingerprint density at radius 3 is 3.11 bits per heavy atom. The highest BCUT2D eigenvalue weighted by molar-refractivity contribution is 9.10. The zero-order valence-electron chi connectivity index (χ0n) is 9.87. The summed E-state index contributed by atoms with van der Waals surface area (Å²) in [6, 6.07) is 6.60. The van der Waals surface area contributed by atoms with E-state index in [0.717, 1.165) is 21.7 Å². The van der Waals surface area contributed by atoms with E-state index in [4.69, 9.17) is 5.73 Å². The highest BCUT2D eigenvalue weighted by Gasteiger charge is 2.14. The number of H-pyrrole nitrogens is 1. The molecule has 5 heteroatoms. The Balaban J connectivity index is 2.03. The summed E-state index contributed by atoms with van der Waals surface area (Å²) in [6.07, 6.45) is 2.43. The van der Waals surface area contributed by atoms with Crippen molar-refractivity contribution in [1.82, 2.24) is 9.97 Å². The lowest BCUT2D eigenvalue weighted by Crippen LogP contribution is -1.99. The Morgan fingerprint density at radius 2 is 2.33 bits per heavy atom. The number of aromatic amines is 1. The quantitative estimate of drug-likeness (QED) is 0.891. The van der Waals surface area contributed by atoms with Crippen molar-refractivity contribution in [2.24, 2.45) is 5.73 Å². The highest BCUT2D eigenvalue weighted by atomic mass is 79.9. The van der Waals surface area contributed by atoms with Crippen molar-refractivity contribution in [2.45, 2.75) is 24.3 Å². The molecule has 94 valence electrons. The van der Waals surface area contributed by atoms with Gasteiger partial charge in [-0.05, 0) is 52.2 Å². The summed E-state index contributed by atoms with van der Waals surface area (Å²) < 4.78 is 0.909. The second-order valence-corrected chi connectivity index (χ2v) is 6.25. The molecule has 0 fully saturated rings. The molecule has 0 unspecified atom stereocenters. The third-order valence-electron chi connectivity index (χ3n) is 3.08. The largest absolute Gasteiger partial charge is 0.335 e. The van der Waals surface area contributed by atoms with Gasteiger partial charge in [0.05, 0.1) is 6.54 Å². The first kappa shape index (κ1) is 12.3. The van der Waals surface area contributed by atoms with Crippen LogP contribution >= 0.6 is 27.7 Å². The summed E-state index contributed by atoms with van der Waals surface area (Å²) in [5.41, 5.74) is 9.15. The van der Waals surface area contributed by atoms with E-state index >= 15 is 0 Å². The second-order valence-electron chi connectivity index (χ2n) is 4.32. The standard InChI is InChI=1S/C13H14BrN3S/c14-13-12(16-11(7-15)17-13)9-3-4-10-8(6-9)2-1-5-18-10/h3-4,6H,1-2,5,7,15H2,(H,16,17). The molecule has 0 bridgehead atoms. The molecule has 1 aliphatic rings. The van der Waals surface area contributed by atoms with E-state index in [1.165, 1.54) is 29.1 Å². The van der Waals surface area contributed by atoms with Gasteiger partial charge in [-0.15, -0.1) is 11.8 Å². The van der Waals surface area contributed by atoms with E-state index in [-0.39, 0.29) is 0 Å². The lowest BCUT2D eigenvalue weighted by atomic mass is 10.0. The molecule has 2 heterocycles. The first-order valence-corrected chi connectivity index (χ1v) is 7.76. The maximum atomic E-state index is 5.60. The zero-order valence-corrected chi connectivity index (χ0v) is 12.3. The van der Waals surface area contributed by atoms with Gasteiger partial charge in [0.15, 0.2) is 0 Å². The normalized spacial score (nSPS) is 14.6. The molecular formula is C13H14BrN3S. The molecule has 0 spiro atoms. The number of hydrogen-bond donors (Lipinski definition) is 2. The number of aromatic nitrogens is 2. The molecule has 1 aliphatic heterocycles. The number of halogens is 1. The minimum absolute atomic E-state index is 0.430. The summed E-state index contributed by atoms with van der Waals surface area (Å²) in [7, 11) is 0. The number of aryl methyl sites for hydroxylation is 1.